The number of carbonyl (C=O) groups excluding carboxylic acids is 1. The summed E-state index contributed by atoms with van der Waals surface area (Å²) in [7, 11) is 0. The maximum Gasteiger partial charge on any atom is 0.315 e. The van der Waals surface area contributed by atoms with Crippen LogP contribution in [0.2, 0.25) is 0 Å². The third-order valence-electron chi connectivity index (χ3n) is 3.01. The number of benzene rings is 1. The zero-order chi connectivity index (χ0) is 12.3. The van der Waals surface area contributed by atoms with Gasteiger partial charge in [-0.25, -0.2) is 4.79 Å². The summed E-state index contributed by atoms with van der Waals surface area (Å²) in [4.78, 5) is 11.4. The Labute approximate surface area is 103 Å². The van der Waals surface area contributed by atoms with Crippen LogP contribution in [-0.4, -0.2) is 12.1 Å². The molecule has 0 heterocycles. The molecule has 17 heavy (non-hydrogen) atoms. The van der Waals surface area contributed by atoms with E-state index in [1.165, 1.54) is 5.56 Å². The van der Waals surface area contributed by atoms with E-state index in [2.05, 4.69) is 48.7 Å². The summed E-state index contributed by atoms with van der Waals surface area (Å²) in [6.45, 7) is 4.95. The monoisotopic (exact) mass is 232 g/mol. The molecule has 0 atom stereocenters. The molecule has 3 heteroatoms. The van der Waals surface area contributed by atoms with Gasteiger partial charge < -0.3 is 10.6 Å². The van der Waals surface area contributed by atoms with Crippen molar-refractivity contribution in [2.45, 2.75) is 45.2 Å². The number of nitrogens with one attached hydrogen (secondary N) is 2. The van der Waals surface area contributed by atoms with E-state index in [4.69, 9.17) is 0 Å². The largest absolute Gasteiger partial charge is 0.335 e. The summed E-state index contributed by atoms with van der Waals surface area (Å²) in [5.74, 6) is 0.551. The highest BCUT2D eigenvalue weighted by molar-refractivity contribution is 5.74. The van der Waals surface area contributed by atoms with Crippen LogP contribution in [0.1, 0.15) is 43.7 Å². The highest BCUT2D eigenvalue weighted by atomic mass is 16.2. The fraction of sp³-hybridized carbons (Fsp3) is 0.500. The first-order valence-electron chi connectivity index (χ1n) is 6.28. The first-order valence-corrected chi connectivity index (χ1v) is 6.28. The molecule has 1 aliphatic carbocycles. The molecule has 2 N–H and O–H groups in total. The lowest BCUT2D eigenvalue weighted by molar-refractivity contribution is 0.240. The molecule has 0 unspecified atom stereocenters. The summed E-state index contributed by atoms with van der Waals surface area (Å²) >= 11 is 0. The second kappa shape index (κ2) is 5.21. The summed E-state index contributed by atoms with van der Waals surface area (Å²) in [6.07, 6.45) is 2.24. The van der Waals surface area contributed by atoms with Crippen LogP contribution in [0.25, 0.3) is 0 Å². The van der Waals surface area contributed by atoms with Crippen LogP contribution in [0.5, 0.6) is 0 Å². The molecular formula is C14H20N2O. The SMILES string of the molecule is CC(C)c1ccc(CNC(=O)NC2CC2)cc1. The second-order valence-electron chi connectivity index (χ2n) is 5.00. The van der Waals surface area contributed by atoms with Gasteiger partial charge in [-0.2, -0.15) is 0 Å². The summed E-state index contributed by atoms with van der Waals surface area (Å²) in [6, 6.07) is 8.76. The number of urea groups is 1. The second-order valence-corrected chi connectivity index (χ2v) is 5.00. The van der Waals surface area contributed by atoms with Crippen LogP contribution in [0.4, 0.5) is 4.79 Å². The van der Waals surface area contributed by atoms with Crippen molar-refractivity contribution in [3.8, 4) is 0 Å². The molecule has 1 aromatic rings. The van der Waals surface area contributed by atoms with Gasteiger partial charge in [0.15, 0.2) is 0 Å². The van der Waals surface area contributed by atoms with Crippen LogP contribution in [-0.2, 0) is 6.54 Å². The van der Waals surface area contributed by atoms with E-state index in [0.29, 0.717) is 18.5 Å². The molecule has 1 fully saturated rings. The Morgan fingerprint density at radius 1 is 1.29 bits per heavy atom. The molecule has 1 saturated carbocycles. The van der Waals surface area contributed by atoms with Crippen molar-refractivity contribution >= 4 is 6.03 Å². The fourth-order valence-electron chi connectivity index (χ4n) is 1.67. The van der Waals surface area contributed by atoms with Crippen molar-refractivity contribution in [3.63, 3.8) is 0 Å². The highest BCUT2D eigenvalue weighted by Gasteiger charge is 2.22. The lowest BCUT2D eigenvalue weighted by atomic mass is 10.0. The Hall–Kier alpha value is -1.51. The topological polar surface area (TPSA) is 41.1 Å². The number of carbonyl (C=O) groups is 1. The number of amides is 2. The van der Waals surface area contributed by atoms with Crippen molar-refractivity contribution in [2.75, 3.05) is 0 Å². The minimum Gasteiger partial charge on any atom is -0.335 e. The van der Waals surface area contributed by atoms with Gasteiger partial charge in [-0.15, -0.1) is 0 Å². The average molecular weight is 232 g/mol. The smallest absolute Gasteiger partial charge is 0.315 e. The highest BCUT2D eigenvalue weighted by Crippen LogP contribution is 2.18. The molecule has 0 radical (unpaired) electrons. The van der Waals surface area contributed by atoms with Gasteiger partial charge in [0.1, 0.15) is 0 Å². The molecule has 3 nitrogen and oxygen atoms in total. The van der Waals surface area contributed by atoms with Gasteiger partial charge in [0.25, 0.3) is 0 Å². The van der Waals surface area contributed by atoms with E-state index in [9.17, 15) is 4.79 Å². The van der Waals surface area contributed by atoms with Crippen LogP contribution >= 0.6 is 0 Å². The van der Waals surface area contributed by atoms with Gasteiger partial charge in [0.05, 0.1) is 0 Å². The van der Waals surface area contributed by atoms with Crippen LogP contribution in [0.3, 0.4) is 0 Å². The first-order chi connectivity index (χ1) is 8.15. The Morgan fingerprint density at radius 2 is 1.94 bits per heavy atom. The van der Waals surface area contributed by atoms with Gasteiger partial charge in [-0.3, -0.25) is 0 Å². The molecule has 0 spiro atoms. The predicted octanol–water partition coefficient (Wildman–Crippen LogP) is 2.77. The van der Waals surface area contributed by atoms with Gasteiger partial charge in [-0.1, -0.05) is 38.1 Å². The minimum atomic E-state index is -0.0552. The van der Waals surface area contributed by atoms with Crippen LogP contribution in [0, 0.1) is 0 Å². The predicted molar refractivity (Wildman–Crippen MR) is 68.9 cm³/mol. The Balaban J connectivity index is 1.79. The van der Waals surface area contributed by atoms with Gasteiger partial charge in [0, 0.05) is 12.6 Å². The molecule has 0 saturated heterocycles. The first kappa shape index (κ1) is 12.0. The standard InChI is InChI=1S/C14H20N2O/c1-10(2)12-5-3-11(4-6-12)9-15-14(17)16-13-7-8-13/h3-6,10,13H,7-9H2,1-2H3,(H2,15,16,17). The van der Waals surface area contributed by atoms with E-state index in [-0.39, 0.29) is 6.03 Å². The van der Waals surface area contributed by atoms with E-state index in [1.54, 1.807) is 0 Å². The number of hydrogen-bond donors (Lipinski definition) is 2. The van der Waals surface area contributed by atoms with E-state index in [0.717, 1.165) is 18.4 Å². The van der Waals surface area contributed by atoms with Gasteiger partial charge >= 0.3 is 6.03 Å². The van der Waals surface area contributed by atoms with Crippen molar-refractivity contribution in [2.24, 2.45) is 0 Å². The molecule has 2 rings (SSSR count). The lowest BCUT2D eigenvalue weighted by Gasteiger charge is -2.08. The van der Waals surface area contributed by atoms with E-state index >= 15 is 0 Å². The molecule has 2 amide bonds. The Bertz CT molecular complexity index is 380. The maximum absolute atomic E-state index is 11.4. The number of hydrogen-bond acceptors (Lipinski definition) is 1. The van der Waals surface area contributed by atoms with Crippen molar-refractivity contribution in [1.29, 1.82) is 0 Å². The molecule has 0 bridgehead atoms. The Morgan fingerprint density at radius 3 is 2.47 bits per heavy atom. The van der Waals surface area contributed by atoms with E-state index < -0.39 is 0 Å². The van der Waals surface area contributed by atoms with E-state index in [1.807, 2.05) is 0 Å². The third-order valence-corrected chi connectivity index (χ3v) is 3.01. The molecule has 1 aliphatic rings. The van der Waals surface area contributed by atoms with Crippen molar-refractivity contribution in [1.82, 2.24) is 10.6 Å². The van der Waals surface area contributed by atoms with Crippen LogP contribution < -0.4 is 10.6 Å². The van der Waals surface area contributed by atoms with Crippen molar-refractivity contribution in [3.05, 3.63) is 35.4 Å². The third kappa shape index (κ3) is 3.77. The van der Waals surface area contributed by atoms with Crippen LogP contribution in [0.15, 0.2) is 24.3 Å². The molecule has 92 valence electrons. The zero-order valence-corrected chi connectivity index (χ0v) is 10.5. The summed E-state index contributed by atoms with van der Waals surface area (Å²) in [5, 5.41) is 5.77. The number of rotatable bonds is 4. The fourth-order valence-corrected chi connectivity index (χ4v) is 1.67. The normalized spacial score (nSPS) is 14.8. The minimum absolute atomic E-state index is 0.0552. The van der Waals surface area contributed by atoms with Gasteiger partial charge in [0.2, 0.25) is 0 Å². The zero-order valence-electron chi connectivity index (χ0n) is 10.5. The van der Waals surface area contributed by atoms with Crippen molar-refractivity contribution < 1.29 is 4.79 Å². The summed E-state index contributed by atoms with van der Waals surface area (Å²) in [5.41, 5.74) is 2.47. The molecule has 0 aromatic heterocycles. The maximum atomic E-state index is 11.4. The average Bonchev–Trinajstić information content (AvgIpc) is 3.11. The molecule has 0 aliphatic heterocycles. The Kier molecular flexibility index (Phi) is 3.67. The quantitative estimate of drug-likeness (QED) is 0.823. The molecule has 1 aromatic carbocycles. The summed E-state index contributed by atoms with van der Waals surface area (Å²) < 4.78 is 0. The molecular weight excluding hydrogens is 212 g/mol. The van der Waals surface area contributed by atoms with Gasteiger partial charge in [-0.05, 0) is 29.9 Å². The lowest BCUT2D eigenvalue weighted by Crippen LogP contribution is -2.36.